The van der Waals surface area contributed by atoms with Gasteiger partial charge in [-0.3, -0.25) is 4.79 Å². The Morgan fingerprint density at radius 2 is 1.95 bits per heavy atom. The maximum Gasteiger partial charge on any atom is 0.326 e. The molecule has 0 aromatic heterocycles. The molecule has 1 aromatic carbocycles. The second-order valence-electron chi connectivity index (χ2n) is 5.21. The van der Waals surface area contributed by atoms with Gasteiger partial charge in [0.15, 0.2) is 0 Å². The monoisotopic (exact) mass is 307 g/mol. The van der Waals surface area contributed by atoms with Gasteiger partial charge in [-0.25, -0.2) is 4.79 Å². The van der Waals surface area contributed by atoms with Crippen molar-refractivity contribution in [2.24, 2.45) is 0 Å². The number of hydrogen-bond acceptors (Lipinski definition) is 4. The summed E-state index contributed by atoms with van der Waals surface area (Å²) < 4.78 is 10.6. The van der Waals surface area contributed by atoms with E-state index in [0.29, 0.717) is 32.4 Å². The van der Waals surface area contributed by atoms with Crippen molar-refractivity contribution >= 4 is 11.9 Å². The summed E-state index contributed by atoms with van der Waals surface area (Å²) in [6.07, 6.45) is 2.17. The van der Waals surface area contributed by atoms with Gasteiger partial charge in [0.2, 0.25) is 5.91 Å². The predicted molar refractivity (Wildman–Crippen MR) is 80.1 cm³/mol. The Balaban J connectivity index is 1.71. The molecule has 1 aliphatic rings. The highest BCUT2D eigenvalue weighted by Gasteiger charge is 2.33. The zero-order valence-corrected chi connectivity index (χ0v) is 12.7. The van der Waals surface area contributed by atoms with E-state index in [4.69, 9.17) is 14.6 Å². The molecule has 22 heavy (non-hydrogen) atoms. The van der Waals surface area contributed by atoms with E-state index in [9.17, 15) is 9.59 Å². The number of carboxylic acid groups (broad SMARTS) is 1. The average Bonchev–Trinajstić information content (AvgIpc) is 3.02. The van der Waals surface area contributed by atoms with Crippen LogP contribution in [0, 0.1) is 0 Å². The number of aliphatic carboxylic acids is 1. The minimum atomic E-state index is -0.916. The van der Waals surface area contributed by atoms with Crippen LogP contribution >= 0.6 is 0 Å². The van der Waals surface area contributed by atoms with Crippen molar-refractivity contribution in [1.29, 1.82) is 0 Å². The van der Waals surface area contributed by atoms with Crippen molar-refractivity contribution in [1.82, 2.24) is 4.90 Å². The summed E-state index contributed by atoms with van der Waals surface area (Å²) >= 11 is 0. The molecule has 1 aliphatic heterocycles. The normalized spacial score (nSPS) is 17.3. The molecule has 1 atom stereocenters. The number of ether oxygens (including phenoxy) is 2. The van der Waals surface area contributed by atoms with Crippen molar-refractivity contribution in [3.8, 4) is 11.5 Å². The average molecular weight is 307 g/mol. The first kappa shape index (κ1) is 16.1. The summed E-state index contributed by atoms with van der Waals surface area (Å²) in [6.45, 7) is 0.957. The van der Waals surface area contributed by atoms with Crippen molar-refractivity contribution in [3.63, 3.8) is 0 Å². The molecule has 1 fully saturated rings. The number of benzene rings is 1. The number of carboxylic acids is 1. The Kier molecular flexibility index (Phi) is 5.63. The first-order valence-corrected chi connectivity index (χ1v) is 7.41. The molecule has 0 spiro atoms. The van der Waals surface area contributed by atoms with Crippen molar-refractivity contribution < 1.29 is 24.2 Å². The summed E-state index contributed by atoms with van der Waals surface area (Å²) in [7, 11) is 1.60. The SMILES string of the molecule is COc1ccc(OCCCC(=O)N2CCC[C@@H]2C(=O)O)cc1. The summed E-state index contributed by atoms with van der Waals surface area (Å²) in [4.78, 5) is 24.6. The Bertz CT molecular complexity index is 514. The van der Waals surface area contributed by atoms with Gasteiger partial charge in [0.25, 0.3) is 0 Å². The molecule has 1 amide bonds. The molecule has 120 valence electrons. The highest BCUT2D eigenvalue weighted by atomic mass is 16.5. The van der Waals surface area contributed by atoms with E-state index in [1.165, 1.54) is 4.90 Å². The summed E-state index contributed by atoms with van der Waals surface area (Å²) in [6, 6.07) is 6.57. The second-order valence-corrected chi connectivity index (χ2v) is 5.21. The standard InChI is InChI=1S/C16H21NO5/c1-21-12-6-8-13(9-7-12)22-11-3-5-15(18)17-10-2-4-14(17)16(19)20/h6-9,14H,2-5,10-11H2,1H3,(H,19,20)/t14-/m1/s1. The van der Waals surface area contributed by atoms with Crippen LogP contribution in [0.15, 0.2) is 24.3 Å². The highest BCUT2D eigenvalue weighted by Crippen LogP contribution is 2.20. The van der Waals surface area contributed by atoms with E-state index in [2.05, 4.69) is 0 Å². The molecule has 2 rings (SSSR count). The van der Waals surface area contributed by atoms with Crippen LogP contribution in [0.4, 0.5) is 0 Å². The summed E-state index contributed by atoms with van der Waals surface area (Å²) in [5, 5.41) is 9.07. The molecule has 1 heterocycles. The number of nitrogens with zero attached hydrogens (tertiary/aromatic N) is 1. The van der Waals surface area contributed by atoms with Crippen LogP contribution in [0.25, 0.3) is 0 Å². The van der Waals surface area contributed by atoms with E-state index in [1.807, 2.05) is 24.3 Å². The topological polar surface area (TPSA) is 76.1 Å². The Labute approximate surface area is 129 Å². The zero-order valence-electron chi connectivity index (χ0n) is 12.7. The van der Waals surface area contributed by atoms with Gasteiger partial charge < -0.3 is 19.5 Å². The third-order valence-electron chi connectivity index (χ3n) is 3.72. The highest BCUT2D eigenvalue weighted by molar-refractivity contribution is 5.84. The van der Waals surface area contributed by atoms with Gasteiger partial charge in [0.1, 0.15) is 17.5 Å². The minimum Gasteiger partial charge on any atom is -0.497 e. The van der Waals surface area contributed by atoms with Crippen molar-refractivity contribution in [3.05, 3.63) is 24.3 Å². The van der Waals surface area contributed by atoms with Gasteiger partial charge in [-0.2, -0.15) is 0 Å². The lowest BCUT2D eigenvalue weighted by Gasteiger charge is -2.21. The second kappa shape index (κ2) is 7.68. The van der Waals surface area contributed by atoms with Crippen molar-refractivity contribution in [2.75, 3.05) is 20.3 Å². The van der Waals surface area contributed by atoms with E-state index in [-0.39, 0.29) is 5.91 Å². The molecule has 0 saturated carbocycles. The largest absolute Gasteiger partial charge is 0.497 e. The first-order chi connectivity index (χ1) is 10.6. The molecule has 0 unspecified atom stereocenters. The molecule has 0 aliphatic carbocycles. The number of carbonyl (C=O) groups is 2. The summed E-state index contributed by atoms with van der Waals surface area (Å²) in [5.41, 5.74) is 0. The fourth-order valence-corrected chi connectivity index (χ4v) is 2.55. The molecule has 0 radical (unpaired) electrons. The van der Waals surface area contributed by atoms with Crippen LogP contribution in [0.5, 0.6) is 11.5 Å². The zero-order chi connectivity index (χ0) is 15.9. The molecular formula is C16H21NO5. The quantitative estimate of drug-likeness (QED) is 0.779. The molecular weight excluding hydrogens is 286 g/mol. The lowest BCUT2D eigenvalue weighted by Crippen LogP contribution is -2.40. The van der Waals surface area contributed by atoms with E-state index < -0.39 is 12.0 Å². The van der Waals surface area contributed by atoms with Gasteiger partial charge in [-0.1, -0.05) is 0 Å². The molecule has 1 N–H and O–H groups in total. The number of hydrogen-bond donors (Lipinski definition) is 1. The van der Waals surface area contributed by atoms with Crippen LogP contribution in [0.2, 0.25) is 0 Å². The van der Waals surface area contributed by atoms with Gasteiger partial charge in [0.05, 0.1) is 13.7 Å². The van der Waals surface area contributed by atoms with E-state index in [0.717, 1.165) is 17.9 Å². The van der Waals surface area contributed by atoms with Gasteiger partial charge in [0, 0.05) is 13.0 Å². The number of likely N-dealkylation sites (tertiary alicyclic amines) is 1. The van der Waals surface area contributed by atoms with E-state index >= 15 is 0 Å². The molecule has 0 bridgehead atoms. The van der Waals surface area contributed by atoms with Crippen LogP contribution < -0.4 is 9.47 Å². The Hall–Kier alpha value is -2.24. The fourth-order valence-electron chi connectivity index (χ4n) is 2.55. The first-order valence-electron chi connectivity index (χ1n) is 7.41. The van der Waals surface area contributed by atoms with Gasteiger partial charge in [-0.15, -0.1) is 0 Å². The Morgan fingerprint density at radius 1 is 1.27 bits per heavy atom. The van der Waals surface area contributed by atoms with Crippen LogP contribution in [-0.2, 0) is 9.59 Å². The Morgan fingerprint density at radius 3 is 2.59 bits per heavy atom. The smallest absolute Gasteiger partial charge is 0.326 e. The maximum absolute atomic E-state index is 12.0. The number of rotatable bonds is 7. The maximum atomic E-state index is 12.0. The van der Waals surface area contributed by atoms with Gasteiger partial charge >= 0.3 is 5.97 Å². The number of carbonyl (C=O) groups excluding carboxylic acids is 1. The lowest BCUT2D eigenvalue weighted by molar-refractivity contribution is -0.148. The van der Waals surface area contributed by atoms with Crippen molar-refractivity contribution in [2.45, 2.75) is 31.7 Å². The van der Waals surface area contributed by atoms with Gasteiger partial charge in [-0.05, 0) is 43.5 Å². The summed E-state index contributed by atoms with van der Waals surface area (Å²) in [5.74, 6) is 0.456. The molecule has 6 heteroatoms. The third-order valence-corrected chi connectivity index (χ3v) is 3.72. The number of amides is 1. The molecule has 1 aromatic rings. The van der Waals surface area contributed by atoms with Crippen LogP contribution in [0.3, 0.4) is 0 Å². The number of methoxy groups -OCH3 is 1. The van der Waals surface area contributed by atoms with E-state index in [1.54, 1.807) is 7.11 Å². The fraction of sp³-hybridized carbons (Fsp3) is 0.500. The molecule has 1 saturated heterocycles. The lowest BCUT2D eigenvalue weighted by atomic mass is 10.2. The third kappa shape index (κ3) is 4.13. The minimum absolute atomic E-state index is 0.108. The van der Waals surface area contributed by atoms with Crippen LogP contribution in [-0.4, -0.2) is 48.2 Å². The predicted octanol–water partition coefficient (Wildman–Crippen LogP) is 1.93. The van der Waals surface area contributed by atoms with Crippen LogP contribution in [0.1, 0.15) is 25.7 Å². The molecule has 6 nitrogen and oxygen atoms in total.